The van der Waals surface area contributed by atoms with Gasteiger partial charge in [0.15, 0.2) is 0 Å². The van der Waals surface area contributed by atoms with Crippen molar-refractivity contribution >= 4 is 5.97 Å². The predicted octanol–water partition coefficient (Wildman–Crippen LogP) is 0.870. The van der Waals surface area contributed by atoms with Crippen LogP contribution in [0.4, 0.5) is 0 Å². The van der Waals surface area contributed by atoms with Crippen molar-refractivity contribution in [1.82, 2.24) is 20.4 Å². The summed E-state index contributed by atoms with van der Waals surface area (Å²) < 4.78 is 10.5. The zero-order valence-electron chi connectivity index (χ0n) is 9.95. The summed E-state index contributed by atoms with van der Waals surface area (Å²) in [5.74, 6) is 0.0267. The van der Waals surface area contributed by atoms with E-state index in [1.807, 2.05) is 0 Å². The number of nitrogens with zero attached hydrogens (tertiary/aromatic N) is 4. The topological polar surface area (TPSA) is 115 Å². The van der Waals surface area contributed by atoms with Crippen LogP contribution < -0.4 is 0 Å². The lowest BCUT2D eigenvalue weighted by molar-refractivity contribution is -0.137. The molecular formula is C10H12N4O4. The molecule has 2 aromatic rings. The van der Waals surface area contributed by atoms with Crippen molar-refractivity contribution in [3.05, 3.63) is 23.6 Å². The van der Waals surface area contributed by atoms with Gasteiger partial charge in [-0.2, -0.15) is 0 Å². The Morgan fingerprint density at radius 1 is 1.17 bits per heavy atom. The summed E-state index contributed by atoms with van der Waals surface area (Å²) in [6.45, 7) is 3.31. The number of aromatic nitrogens is 4. The van der Waals surface area contributed by atoms with Crippen LogP contribution >= 0.6 is 0 Å². The smallest absolute Gasteiger partial charge is 0.304 e. The van der Waals surface area contributed by atoms with Crippen molar-refractivity contribution in [1.29, 1.82) is 0 Å². The number of rotatable bonds is 5. The first kappa shape index (κ1) is 12.2. The van der Waals surface area contributed by atoms with Gasteiger partial charge in [-0.3, -0.25) is 4.79 Å². The number of carboxylic acid groups (broad SMARTS) is 1. The van der Waals surface area contributed by atoms with E-state index in [1.54, 1.807) is 13.8 Å². The molecule has 8 nitrogen and oxygen atoms in total. The Morgan fingerprint density at radius 3 is 2.33 bits per heavy atom. The van der Waals surface area contributed by atoms with Crippen molar-refractivity contribution in [2.24, 2.45) is 0 Å². The van der Waals surface area contributed by atoms with Crippen LogP contribution in [0.2, 0.25) is 0 Å². The Hall–Kier alpha value is -2.25. The first-order valence-electron chi connectivity index (χ1n) is 5.35. The lowest BCUT2D eigenvalue weighted by atomic mass is 10.0. The third-order valence-electron chi connectivity index (χ3n) is 2.30. The SMILES string of the molecule is Cc1nnc(CC(CC(=O)O)c2nnc(C)o2)o1. The van der Waals surface area contributed by atoms with Crippen LogP contribution in [-0.4, -0.2) is 31.5 Å². The lowest BCUT2D eigenvalue weighted by Gasteiger charge is -2.06. The minimum atomic E-state index is -0.952. The standard InChI is InChI=1S/C10H12N4O4/c1-5-11-13-8(17-5)3-7(4-9(15)16)10-14-12-6(2)18-10/h7H,3-4H2,1-2H3,(H,15,16). The van der Waals surface area contributed by atoms with E-state index in [4.69, 9.17) is 13.9 Å². The van der Waals surface area contributed by atoms with E-state index >= 15 is 0 Å². The monoisotopic (exact) mass is 252 g/mol. The maximum absolute atomic E-state index is 10.8. The molecule has 0 amide bonds. The van der Waals surface area contributed by atoms with Gasteiger partial charge in [-0.25, -0.2) is 0 Å². The van der Waals surface area contributed by atoms with Gasteiger partial charge in [-0.15, -0.1) is 20.4 Å². The molecule has 0 saturated carbocycles. The summed E-state index contributed by atoms with van der Waals surface area (Å²) in [7, 11) is 0. The third-order valence-corrected chi connectivity index (χ3v) is 2.30. The molecule has 1 N–H and O–H groups in total. The summed E-state index contributed by atoms with van der Waals surface area (Å²) in [6, 6.07) is 0. The minimum absolute atomic E-state index is 0.136. The molecule has 0 aliphatic heterocycles. The molecule has 0 aliphatic carbocycles. The van der Waals surface area contributed by atoms with Crippen molar-refractivity contribution in [2.75, 3.05) is 0 Å². The maximum Gasteiger partial charge on any atom is 0.304 e. The van der Waals surface area contributed by atoms with E-state index < -0.39 is 11.9 Å². The van der Waals surface area contributed by atoms with Gasteiger partial charge in [0.2, 0.25) is 23.6 Å². The molecule has 1 unspecified atom stereocenters. The summed E-state index contributed by atoms with van der Waals surface area (Å²) in [5, 5.41) is 23.9. The third kappa shape index (κ3) is 2.90. The average Bonchev–Trinajstić information content (AvgIpc) is 2.86. The largest absolute Gasteiger partial charge is 0.481 e. The van der Waals surface area contributed by atoms with Gasteiger partial charge in [-0.05, 0) is 0 Å². The first-order valence-corrected chi connectivity index (χ1v) is 5.35. The van der Waals surface area contributed by atoms with Gasteiger partial charge in [-0.1, -0.05) is 0 Å². The molecule has 0 spiro atoms. The number of hydrogen-bond acceptors (Lipinski definition) is 7. The van der Waals surface area contributed by atoms with Gasteiger partial charge in [0, 0.05) is 20.3 Å². The van der Waals surface area contributed by atoms with Crippen LogP contribution in [0.15, 0.2) is 8.83 Å². The highest BCUT2D eigenvalue weighted by atomic mass is 16.4. The molecular weight excluding hydrogens is 240 g/mol. The van der Waals surface area contributed by atoms with Gasteiger partial charge >= 0.3 is 5.97 Å². The fraction of sp³-hybridized carbons (Fsp3) is 0.500. The number of hydrogen-bond donors (Lipinski definition) is 1. The highest BCUT2D eigenvalue weighted by molar-refractivity contribution is 5.67. The normalized spacial score (nSPS) is 12.6. The second kappa shape index (κ2) is 4.94. The molecule has 2 rings (SSSR count). The van der Waals surface area contributed by atoms with Crippen LogP contribution in [0.5, 0.6) is 0 Å². The second-order valence-electron chi connectivity index (χ2n) is 3.87. The Balaban J connectivity index is 2.17. The molecule has 0 saturated heterocycles. The van der Waals surface area contributed by atoms with Crippen LogP contribution in [0.25, 0.3) is 0 Å². The molecule has 18 heavy (non-hydrogen) atoms. The maximum atomic E-state index is 10.8. The minimum Gasteiger partial charge on any atom is -0.481 e. The zero-order chi connectivity index (χ0) is 13.1. The Morgan fingerprint density at radius 2 is 1.83 bits per heavy atom. The van der Waals surface area contributed by atoms with Gasteiger partial charge < -0.3 is 13.9 Å². The van der Waals surface area contributed by atoms with Crippen LogP contribution in [0.1, 0.15) is 35.9 Å². The summed E-state index contributed by atoms with van der Waals surface area (Å²) in [4.78, 5) is 10.8. The van der Waals surface area contributed by atoms with Gasteiger partial charge in [0.05, 0.1) is 12.3 Å². The van der Waals surface area contributed by atoms with E-state index in [9.17, 15) is 4.79 Å². The van der Waals surface area contributed by atoms with Crippen molar-refractivity contribution in [3.63, 3.8) is 0 Å². The number of carbonyl (C=O) groups is 1. The van der Waals surface area contributed by atoms with E-state index in [1.165, 1.54) is 0 Å². The van der Waals surface area contributed by atoms with E-state index in [0.29, 0.717) is 17.7 Å². The van der Waals surface area contributed by atoms with Crippen LogP contribution in [0.3, 0.4) is 0 Å². The second-order valence-corrected chi connectivity index (χ2v) is 3.87. The highest BCUT2D eigenvalue weighted by Gasteiger charge is 2.24. The quantitative estimate of drug-likeness (QED) is 0.833. The predicted molar refractivity (Wildman–Crippen MR) is 56.8 cm³/mol. The molecule has 2 heterocycles. The van der Waals surface area contributed by atoms with E-state index in [2.05, 4.69) is 20.4 Å². The molecule has 2 aromatic heterocycles. The van der Waals surface area contributed by atoms with Crippen LogP contribution in [0, 0.1) is 13.8 Å². The molecule has 0 fully saturated rings. The van der Waals surface area contributed by atoms with E-state index in [-0.39, 0.29) is 18.7 Å². The van der Waals surface area contributed by atoms with Crippen molar-refractivity contribution in [2.45, 2.75) is 32.6 Å². The molecule has 0 bridgehead atoms. The Bertz CT molecular complexity index is 548. The summed E-state index contributed by atoms with van der Waals surface area (Å²) >= 11 is 0. The molecule has 0 radical (unpaired) electrons. The molecule has 8 heteroatoms. The van der Waals surface area contributed by atoms with E-state index in [0.717, 1.165) is 0 Å². The summed E-state index contributed by atoms with van der Waals surface area (Å²) in [6.07, 6.45) is 0.123. The lowest BCUT2D eigenvalue weighted by Crippen LogP contribution is -2.10. The number of carboxylic acids is 1. The van der Waals surface area contributed by atoms with Gasteiger partial charge in [0.1, 0.15) is 0 Å². The first-order chi connectivity index (χ1) is 8.54. The highest BCUT2D eigenvalue weighted by Crippen LogP contribution is 2.22. The zero-order valence-corrected chi connectivity index (χ0v) is 9.95. The van der Waals surface area contributed by atoms with Crippen molar-refractivity contribution in [3.8, 4) is 0 Å². The number of aliphatic carboxylic acids is 1. The molecule has 1 atom stereocenters. The molecule has 96 valence electrons. The van der Waals surface area contributed by atoms with Crippen LogP contribution in [-0.2, 0) is 11.2 Å². The molecule has 0 aliphatic rings. The molecule has 0 aromatic carbocycles. The summed E-state index contributed by atoms with van der Waals surface area (Å²) in [5.41, 5.74) is 0. The number of aryl methyl sites for hydroxylation is 2. The fourth-order valence-corrected chi connectivity index (χ4v) is 1.57. The van der Waals surface area contributed by atoms with Gasteiger partial charge in [0.25, 0.3) is 0 Å². The Labute approximate surface area is 102 Å². The fourth-order valence-electron chi connectivity index (χ4n) is 1.57. The van der Waals surface area contributed by atoms with Crippen molar-refractivity contribution < 1.29 is 18.7 Å². The average molecular weight is 252 g/mol. The Kier molecular flexibility index (Phi) is 3.35.